The van der Waals surface area contributed by atoms with E-state index >= 15 is 0 Å². The Morgan fingerprint density at radius 1 is 1.13 bits per heavy atom. The van der Waals surface area contributed by atoms with Crippen LogP contribution in [-0.2, 0) is 18.6 Å². The van der Waals surface area contributed by atoms with Gasteiger partial charge in [-0.2, -0.15) is 0 Å². The van der Waals surface area contributed by atoms with E-state index in [0.29, 0.717) is 0 Å². The summed E-state index contributed by atoms with van der Waals surface area (Å²) in [5.41, 5.74) is 4.55. The standard InChI is InChI=1S/C25H24N2O2S2/c1-16-6-5-7-17(14-16)15-30-25-26-23-22(20-8-3-4-9-21(20)31-23)24(28)27(25)18-10-12-19(29-2)13-11-18/h5-7,10-14H,3-4,8-9,15H2,1-2H3. The van der Waals surface area contributed by atoms with Crippen molar-refractivity contribution in [3.63, 3.8) is 0 Å². The summed E-state index contributed by atoms with van der Waals surface area (Å²) in [5, 5.41) is 1.55. The van der Waals surface area contributed by atoms with Gasteiger partial charge >= 0.3 is 0 Å². The van der Waals surface area contributed by atoms with E-state index in [0.717, 1.165) is 51.8 Å². The minimum atomic E-state index is 0.0429. The minimum absolute atomic E-state index is 0.0429. The van der Waals surface area contributed by atoms with Gasteiger partial charge in [0.1, 0.15) is 10.6 Å². The summed E-state index contributed by atoms with van der Waals surface area (Å²) in [6.45, 7) is 2.10. The third-order valence-corrected chi connectivity index (χ3v) is 7.93. The molecular weight excluding hydrogens is 424 g/mol. The second kappa shape index (κ2) is 8.52. The number of nitrogens with zero attached hydrogens (tertiary/aromatic N) is 2. The van der Waals surface area contributed by atoms with E-state index in [2.05, 4.69) is 31.2 Å². The molecule has 5 rings (SSSR count). The molecule has 0 N–H and O–H groups in total. The summed E-state index contributed by atoms with van der Waals surface area (Å²) in [6, 6.07) is 16.1. The maximum absolute atomic E-state index is 13.8. The van der Waals surface area contributed by atoms with Gasteiger partial charge in [0.05, 0.1) is 18.2 Å². The molecule has 4 nitrogen and oxygen atoms in total. The van der Waals surface area contributed by atoms with Gasteiger partial charge in [-0.1, -0.05) is 41.6 Å². The number of thioether (sulfide) groups is 1. The molecule has 4 aromatic rings. The quantitative estimate of drug-likeness (QED) is 0.280. The predicted octanol–water partition coefficient (Wildman–Crippen LogP) is 5.94. The number of thiophene rings is 1. The zero-order valence-electron chi connectivity index (χ0n) is 17.7. The van der Waals surface area contributed by atoms with E-state index in [-0.39, 0.29) is 5.56 Å². The molecule has 2 aromatic carbocycles. The first kappa shape index (κ1) is 20.3. The maximum atomic E-state index is 13.8. The number of methoxy groups -OCH3 is 1. The molecule has 2 aromatic heterocycles. The fraction of sp³-hybridized carbons (Fsp3) is 0.280. The molecule has 0 bridgehead atoms. The lowest BCUT2D eigenvalue weighted by atomic mass is 9.97. The lowest BCUT2D eigenvalue weighted by molar-refractivity contribution is 0.414. The molecule has 2 heterocycles. The number of aryl methyl sites for hydroxylation is 3. The van der Waals surface area contributed by atoms with E-state index in [1.165, 1.54) is 28.0 Å². The number of benzene rings is 2. The Hall–Kier alpha value is -2.57. The molecule has 0 saturated carbocycles. The highest BCUT2D eigenvalue weighted by molar-refractivity contribution is 7.98. The van der Waals surface area contributed by atoms with Crippen LogP contribution in [0.2, 0.25) is 0 Å². The molecule has 0 unspecified atom stereocenters. The monoisotopic (exact) mass is 448 g/mol. The average molecular weight is 449 g/mol. The van der Waals surface area contributed by atoms with Crippen molar-refractivity contribution in [2.24, 2.45) is 0 Å². The zero-order valence-corrected chi connectivity index (χ0v) is 19.3. The number of ether oxygens (including phenoxy) is 1. The Kier molecular flexibility index (Phi) is 5.59. The normalized spacial score (nSPS) is 13.4. The number of hydrogen-bond donors (Lipinski definition) is 0. The zero-order chi connectivity index (χ0) is 21.4. The van der Waals surface area contributed by atoms with Gasteiger partial charge in [-0.15, -0.1) is 11.3 Å². The number of fused-ring (bicyclic) bond motifs is 3. The third-order valence-electron chi connectivity index (χ3n) is 5.74. The van der Waals surface area contributed by atoms with Crippen LogP contribution in [0.15, 0.2) is 58.5 Å². The summed E-state index contributed by atoms with van der Waals surface area (Å²) in [7, 11) is 1.65. The molecule has 1 aliphatic rings. The van der Waals surface area contributed by atoms with Crippen LogP contribution in [0.4, 0.5) is 0 Å². The van der Waals surface area contributed by atoms with Crippen LogP contribution in [0, 0.1) is 6.92 Å². The number of aromatic nitrogens is 2. The Labute approximate surface area is 189 Å². The van der Waals surface area contributed by atoms with E-state index in [1.807, 2.05) is 24.3 Å². The summed E-state index contributed by atoms with van der Waals surface area (Å²) in [6.07, 6.45) is 4.38. The highest BCUT2D eigenvalue weighted by Crippen LogP contribution is 2.35. The molecule has 0 fully saturated rings. The highest BCUT2D eigenvalue weighted by Gasteiger charge is 2.23. The van der Waals surface area contributed by atoms with Gasteiger partial charge in [-0.25, -0.2) is 4.98 Å². The molecule has 158 valence electrons. The first-order chi connectivity index (χ1) is 15.1. The second-order valence-corrected chi connectivity index (χ2v) is 9.93. The molecule has 31 heavy (non-hydrogen) atoms. The van der Waals surface area contributed by atoms with E-state index < -0.39 is 0 Å². The van der Waals surface area contributed by atoms with Crippen LogP contribution in [-0.4, -0.2) is 16.7 Å². The van der Waals surface area contributed by atoms with Crippen LogP contribution in [0.5, 0.6) is 5.75 Å². The smallest absolute Gasteiger partial charge is 0.267 e. The molecule has 0 saturated heterocycles. The van der Waals surface area contributed by atoms with Crippen LogP contribution in [0.3, 0.4) is 0 Å². The number of hydrogen-bond acceptors (Lipinski definition) is 5. The van der Waals surface area contributed by atoms with Crippen molar-refractivity contribution in [2.45, 2.75) is 43.5 Å². The van der Waals surface area contributed by atoms with Gasteiger partial charge in [-0.3, -0.25) is 9.36 Å². The molecule has 6 heteroatoms. The van der Waals surface area contributed by atoms with Gasteiger partial charge in [0.25, 0.3) is 5.56 Å². The first-order valence-electron chi connectivity index (χ1n) is 10.5. The summed E-state index contributed by atoms with van der Waals surface area (Å²) < 4.78 is 7.09. The Bertz CT molecular complexity index is 1310. The minimum Gasteiger partial charge on any atom is -0.497 e. The fourth-order valence-electron chi connectivity index (χ4n) is 4.19. The van der Waals surface area contributed by atoms with E-state index in [4.69, 9.17) is 9.72 Å². The lowest BCUT2D eigenvalue weighted by Crippen LogP contribution is -2.22. The van der Waals surface area contributed by atoms with Crippen LogP contribution >= 0.6 is 23.1 Å². The van der Waals surface area contributed by atoms with E-state index in [1.54, 1.807) is 34.8 Å². The topological polar surface area (TPSA) is 44.1 Å². The summed E-state index contributed by atoms with van der Waals surface area (Å²) >= 11 is 3.32. The maximum Gasteiger partial charge on any atom is 0.267 e. The molecule has 1 aliphatic carbocycles. The van der Waals surface area contributed by atoms with Crippen LogP contribution in [0.25, 0.3) is 15.9 Å². The molecular formula is C25H24N2O2S2. The largest absolute Gasteiger partial charge is 0.497 e. The van der Waals surface area contributed by atoms with Crippen LogP contribution < -0.4 is 10.3 Å². The van der Waals surface area contributed by atoms with Crippen molar-refractivity contribution >= 4 is 33.3 Å². The van der Waals surface area contributed by atoms with Gasteiger partial charge < -0.3 is 4.74 Å². The highest BCUT2D eigenvalue weighted by atomic mass is 32.2. The molecule has 0 radical (unpaired) electrons. The summed E-state index contributed by atoms with van der Waals surface area (Å²) in [5.74, 6) is 1.54. The van der Waals surface area contributed by atoms with Crippen molar-refractivity contribution in [1.82, 2.24) is 9.55 Å². The Morgan fingerprint density at radius 3 is 2.71 bits per heavy atom. The van der Waals surface area contributed by atoms with Crippen molar-refractivity contribution in [1.29, 1.82) is 0 Å². The second-order valence-electron chi connectivity index (χ2n) is 7.90. The van der Waals surface area contributed by atoms with Crippen LogP contribution in [0.1, 0.15) is 34.4 Å². The Morgan fingerprint density at radius 2 is 1.94 bits per heavy atom. The third kappa shape index (κ3) is 3.90. The van der Waals surface area contributed by atoms with Gasteiger partial charge in [-0.05, 0) is 68.0 Å². The van der Waals surface area contributed by atoms with Crippen molar-refractivity contribution in [3.05, 3.63) is 80.5 Å². The first-order valence-corrected chi connectivity index (χ1v) is 12.3. The molecule has 0 amide bonds. The SMILES string of the molecule is COc1ccc(-n2c(SCc3cccc(C)c3)nc3sc4c(c3c2=O)CCCC4)cc1. The van der Waals surface area contributed by atoms with Gasteiger partial charge in [0, 0.05) is 10.6 Å². The van der Waals surface area contributed by atoms with E-state index in [9.17, 15) is 4.79 Å². The van der Waals surface area contributed by atoms with Crippen molar-refractivity contribution < 1.29 is 4.74 Å². The number of rotatable bonds is 5. The van der Waals surface area contributed by atoms with Gasteiger partial charge in [0.15, 0.2) is 5.16 Å². The molecule has 0 aliphatic heterocycles. The Balaban J connectivity index is 1.65. The molecule has 0 spiro atoms. The average Bonchev–Trinajstić information content (AvgIpc) is 3.17. The van der Waals surface area contributed by atoms with Crippen molar-refractivity contribution in [3.8, 4) is 11.4 Å². The summed E-state index contributed by atoms with van der Waals surface area (Å²) in [4.78, 5) is 21.0. The lowest BCUT2D eigenvalue weighted by Gasteiger charge is -2.14. The molecule has 0 atom stereocenters. The van der Waals surface area contributed by atoms with Crippen molar-refractivity contribution in [2.75, 3.05) is 7.11 Å². The van der Waals surface area contributed by atoms with Gasteiger partial charge in [0.2, 0.25) is 0 Å². The predicted molar refractivity (Wildman–Crippen MR) is 129 cm³/mol. The fourth-order valence-corrected chi connectivity index (χ4v) is 6.45.